The lowest BCUT2D eigenvalue weighted by molar-refractivity contribution is 0.550. The fraction of sp³-hybridized carbons (Fsp3) is 0.200. The van der Waals surface area contributed by atoms with Crippen molar-refractivity contribution in [2.24, 2.45) is 0 Å². The molecule has 0 unspecified atom stereocenters. The van der Waals surface area contributed by atoms with Crippen LogP contribution in [-0.4, -0.2) is 16.3 Å². The normalized spacial score (nSPS) is 10.5. The second-order valence-electron chi connectivity index (χ2n) is 2.84. The van der Waals surface area contributed by atoms with E-state index in [2.05, 4.69) is 9.97 Å². The highest BCUT2D eigenvalue weighted by Gasteiger charge is 2.00. The molecule has 1 heterocycles. The van der Waals surface area contributed by atoms with Gasteiger partial charge in [-0.2, -0.15) is 0 Å². The Hall–Kier alpha value is -1.64. The smallest absolute Gasteiger partial charge is 0.198 e. The SMILES string of the molecule is O=[C]CCc1nc2ccccc2[nH]1. The molecule has 2 rings (SSSR count). The lowest BCUT2D eigenvalue weighted by Gasteiger charge is -1.85. The number of H-pyrrole nitrogens is 1. The van der Waals surface area contributed by atoms with Gasteiger partial charge in [0.25, 0.3) is 0 Å². The van der Waals surface area contributed by atoms with E-state index in [-0.39, 0.29) is 0 Å². The van der Waals surface area contributed by atoms with Gasteiger partial charge in [0.05, 0.1) is 11.0 Å². The monoisotopic (exact) mass is 173 g/mol. The molecular formula is C10H9N2O. The zero-order chi connectivity index (χ0) is 9.10. The summed E-state index contributed by atoms with van der Waals surface area (Å²) in [5.41, 5.74) is 1.96. The van der Waals surface area contributed by atoms with Gasteiger partial charge >= 0.3 is 0 Å². The molecule has 0 aliphatic heterocycles. The van der Waals surface area contributed by atoms with Crippen molar-refractivity contribution in [1.82, 2.24) is 9.97 Å². The van der Waals surface area contributed by atoms with Crippen LogP contribution >= 0.6 is 0 Å². The minimum atomic E-state index is 0.403. The van der Waals surface area contributed by atoms with E-state index >= 15 is 0 Å². The van der Waals surface area contributed by atoms with Gasteiger partial charge in [-0.1, -0.05) is 12.1 Å². The van der Waals surface area contributed by atoms with E-state index in [1.165, 1.54) is 0 Å². The summed E-state index contributed by atoms with van der Waals surface area (Å²) in [7, 11) is 0. The lowest BCUT2D eigenvalue weighted by Crippen LogP contribution is -1.87. The summed E-state index contributed by atoms with van der Waals surface area (Å²) in [5, 5.41) is 0. The van der Waals surface area contributed by atoms with Crippen molar-refractivity contribution >= 4 is 17.3 Å². The van der Waals surface area contributed by atoms with Crippen LogP contribution in [0, 0.1) is 0 Å². The van der Waals surface area contributed by atoms with Gasteiger partial charge in [-0.05, 0) is 12.1 Å². The van der Waals surface area contributed by atoms with Crippen molar-refractivity contribution in [3.05, 3.63) is 30.1 Å². The summed E-state index contributed by atoms with van der Waals surface area (Å²) in [4.78, 5) is 17.5. The molecule has 0 atom stereocenters. The molecule has 1 aromatic heterocycles. The van der Waals surface area contributed by atoms with Crippen LogP contribution in [0.3, 0.4) is 0 Å². The van der Waals surface area contributed by atoms with E-state index in [4.69, 9.17) is 0 Å². The number of para-hydroxylation sites is 2. The van der Waals surface area contributed by atoms with Crippen LogP contribution in [0.15, 0.2) is 24.3 Å². The number of nitrogens with zero attached hydrogens (tertiary/aromatic N) is 1. The van der Waals surface area contributed by atoms with Crippen LogP contribution in [0.1, 0.15) is 12.2 Å². The van der Waals surface area contributed by atoms with Crippen molar-refractivity contribution in [3.8, 4) is 0 Å². The van der Waals surface area contributed by atoms with Gasteiger partial charge in [0.2, 0.25) is 0 Å². The van der Waals surface area contributed by atoms with Gasteiger partial charge in [0.1, 0.15) is 5.82 Å². The predicted octanol–water partition coefficient (Wildman–Crippen LogP) is 1.61. The largest absolute Gasteiger partial charge is 0.342 e. The maximum atomic E-state index is 10.0. The highest BCUT2D eigenvalue weighted by Crippen LogP contribution is 2.10. The Morgan fingerprint density at radius 3 is 3.00 bits per heavy atom. The highest BCUT2D eigenvalue weighted by molar-refractivity contribution is 5.74. The minimum Gasteiger partial charge on any atom is -0.342 e. The molecule has 3 heteroatoms. The van der Waals surface area contributed by atoms with Gasteiger partial charge in [0, 0.05) is 12.8 Å². The Balaban J connectivity index is 2.32. The standard InChI is InChI=1S/C10H9N2O/c13-7-3-6-10-11-8-4-1-2-5-9(8)12-10/h1-2,4-5H,3,6H2,(H,11,12). The van der Waals surface area contributed by atoms with E-state index < -0.39 is 0 Å². The van der Waals surface area contributed by atoms with Gasteiger partial charge in [-0.3, -0.25) is 4.79 Å². The molecule has 1 radical (unpaired) electrons. The molecule has 0 saturated carbocycles. The van der Waals surface area contributed by atoms with Crippen LogP contribution in [0.5, 0.6) is 0 Å². The van der Waals surface area contributed by atoms with Crippen molar-refractivity contribution in [3.63, 3.8) is 0 Å². The summed E-state index contributed by atoms with van der Waals surface area (Å²) < 4.78 is 0. The van der Waals surface area contributed by atoms with Crippen molar-refractivity contribution < 1.29 is 4.79 Å². The summed E-state index contributed by atoms with van der Waals surface area (Å²) in [6.07, 6.45) is 2.89. The second-order valence-corrected chi connectivity index (χ2v) is 2.84. The zero-order valence-electron chi connectivity index (χ0n) is 7.08. The Morgan fingerprint density at radius 2 is 2.23 bits per heavy atom. The number of aryl methyl sites for hydroxylation is 1. The third kappa shape index (κ3) is 1.59. The Morgan fingerprint density at radius 1 is 1.38 bits per heavy atom. The second kappa shape index (κ2) is 3.39. The molecule has 1 aromatic carbocycles. The van der Waals surface area contributed by atoms with Gasteiger partial charge in [-0.15, -0.1) is 0 Å². The fourth-order valence-corrected chi connectivity index (χ4v) is 1.29. The first-order valence-electron chi connectivity index (χ1n) is 4.19. The number of rotatable bonds is 3. The molecule has 65 valence electrons. The highest BCUT2D eigenvalue weighted by atomic mass is 16.1. The Kier molecular flexibility index (Phi) is 2.08. The van der Waals surface area contributed by atoms with Crippen molar-refractivity contribution in [2.75, 3.05) is 0 Å². The summed E-state index contributed by atoms with van der Waals surface area (Å²) >= 11 is 0. The molecule has 13 heavy (non-hydrogen) atoms. The van der Waals surface area contributed by atoms with E-state index in [0.717, 1.165) is 16.9 Å². The number of fused-ring (bicyclic) bond motifs is 1. The van der Waals surface area contributed by atoms with Gasteiger partial charge < -0.3 is 4.98 Å². The Bertz CT molecular complexity index is 387. The summed E-state index contributed by atoms with van der Waals surface area (Å²) in [6.45, 7) is 0. The number of hydrogen-bond donors (Lipinski definition) is 1. The molecule has 0 bridgehead atoms. The number of nitrogens with one attached hydrogen (secondary N) is 1. The van der Waals surface area contributed by atoms with Crippen molar-refractivity contribution in [1.29, 1.82) is 0 Å². The topological polar surface area (TPSA) is 45.8 Å². The van der Waals surface area contributed by atoms with Gasteiger partial charge in [-0.25, -0.2) is 4.98 Å². The van der Waals surface area contributed by atoms with E-state index in [9.17, 15) is 4.79 Å². The summed E-state index contributed by atoms with van der Waals surface area (Å²) in [6, 6.07) is 7.81. The number of benzene rings is 1. The van der Waals surface area contributed by atoms with Crippen LogP contribution in [0.2, 0.25) is 0 Å². The first-order valence-corrected chi connectivity index (χ1v) is 4.19. The van der Waals surface area contributed by atoms with Crippen LogP contribution in [-0.2, 0) is 11.2 Å². The fourth-order valence-electron chi connectivity index (χ4n) is 1.29. The molecule has 0 saturated heterocycles. The molecule has 1 N–H and O–H groups in total. The molecule has 3 nitrogen and oxygen atoms in total. The molecule has 0 fully saturated rings. The molecular weight excluding hydrogens is 164 g/mol. The third-order valence-electron chi connectivity index (χ3n) is 1.90. The average molecular weight is 173 g/mol. The number of carbonyl (C=O) groups excluding carboxylic acids is 1. The van der Waals surface area contributed by atoms with E-state index in [1.807, 2.05) is 30.6 Å². The molecule has 0 aliphatic rings. The first-order chi connectivity index (χ1) is 6.40. The maximum Gasteiger partial charge on any atom is 0.198 e. The maximum absolute atomic E-state index is 10.0. The van der Waals surface area contributed by atoms with Crippen LogP contribution in [0.4, 0.5) is 0 Å². The molecule has 0 spiro atoms. The third-order valence-corrected chi connectivity index (χ3v) is 1.90. The van der Waals surface area contributed by atoms with Crippen LogP contribution < -0.4 is 0 Å². The quantitative estimate of drug-likeness (QED) is 0.766. The lowest BCUT2D eigenvalue weighted by atomic mass is 10.3. The average Bonchev–Trinajstić information content (AvgIpc) is 2.57. The van der Waals surface area contributed by atoms with Gasteiger partial charge in [0.15, 0.2) is 6.29 Å². The number of aromatic amines is 1. The zero-order valence-corrected chi connectivity index (χ0v) is 7.08. The molecule has 0 aliphatic carbocycles. The van der Waals surface area contributed by atoms with Crippen LogP contribution in [0.25, 0.3) is 11.0 Å². The minimum absolute atomic E-state index is 0.403. The number of imidazole rings is 1. The number of aromatic nitrogens is 2. The predicted molar refractivity (Wildman–Crippen MR) is 50.1 cm³/mol. The van der Waals surface area contributed by atoms with Crippen molar-refractivity contribution in [2.45, 2.75) is 12.8 Å². The Labute approximate surface area is 75.8 Å². The molecule has 0 amide bonds. The first kappa shape index (κ1) is 7.98. The number of hydrogen-bond acceptors (Lipinski definition) is 2. The van der Waals surface area contributed by atoms with E-state index in [1.54, 1.807) is 0 Å². The van der Waals surface area contributed by atoms with E-state index in [0.29, 0.717) is 12.8 Å². The summed E-state index contributed by atoms with van der Waals surface area (Å²) in [5.74, 6) is 0.851. The molecule has 2 aromatic rings.